The van der Waals surface area contributed by atoms with Gasteiger partial charge >= 0.3 is 0 Å². The van der Waals surface area contributed by atoms with Crippen LogP contribution in [0.3, 0.4) is 0 Å². The number of nitrogen functional groups attached to an aromatic ring is 1. The lowest BCUT2D eigenvalue weighted by Gasteiger charge is -2.01. The quantitative estimate of drug-likeness (QED) is 0.350. The van der Waals surface area contributed by atoms with Crippen molar-refractivity contribution < 1.29 is 0 Å². The molecule has 1 aromatic carbocycles. The molecule has 0 spiro atoms. The number of nitroso groups, excluding NO2 is 1. The maximum Gasteiger partial charge on any atom is 0.142 e. The Kier molecular flexibility index (Phi) is 2.10. The number of anilines is 1. The molecule has 0 aromatic heterocycles. The zero-order chi connectivity index (χ0) is 9.14. The van der Waals surface area contributed by atoms with E-state index in [1.54, 1.807) is 13.9 Å². The molecule has 0 aliphatic carbocycles. The van der Waals surface area contributed by atoms with Gasteiger partial charge in [0.25, 0.3) is 0 Å². The van der Waals surface area contributed by atoms with Gasteiger partial charge in [0, 0.05) is 5.69 Å². The highest BCUT2D eigenvalue weighted by Gasteiger charge is 2.03. The number of nitrogens with two attached hydrogens (primary N) is 1. The number of rotatable bonds is 1. The predicted octanol–water partition coefficient (Wildman–Crippen LogP) is -0.203. The van der Waals surface area contributed by atoms with Crippen molar-refractivity contribution in [2.45, 2.75) is 0 Å². The lowest BCUT2D eigenvalue weighted by atomic mass is 9.91. The van der Waals surface area contributed by atoms with Gasteiger partial charge in [-0.25, -0.2) is 0 Å². The fraction of sp³-hybridized carbons (Fsp3) is 0. The van der Waals surface area contributed by atoms with E-state index in [1.165, 1.54) is 6.07 Å². The van der Waals surface area contributed by atoms with Crippen molar-refractivity contribution in [1.82, 2.24) is 0 Å². The third-order valence-electron chi connectivity index (χ3n) is 1.60. The van der Waals surface area contributed by atoms with Crippen LogP contribution in [0.25, 0.3) is 0 Å². The molecular formula is C7H6BN3O. The van der Waals surface area contributed by atoms with E-state index in [2.05, 4.69) is 5.18 Å². The average molecular weight is 159 g/mol. The molecule has 0 amide bonds. The number of benzene rings is 1. The highest BCUT2D eigenvalue weighted by atomic mass is 16.3. The second kappa shape index (κ2) is 3.05. The van der Waals surface area contributed by atoms with E-state index < -0.39 is 0 Å². The lowest BCUT2D eigenvalue weighted by Crippen LogP contribution is -2.10. The third-order valence-corrected chi connectivity index (χ3v) is 1.60. The molecule has 4 nitrogen and oxygen atoms in total. The molecule has 0 saturated heterocycles. The SMILES string of the molecule is Bc1cc(N=O)cc(C#N)c1N. The van der Waals surface area contributed by atoms with Gasteiger partial charge in [-0.15, -0.1) is 4.91 Å². The van der Waals surface area contributed by atoms with Crippen molar-refractivity contribution in [3.63, 3.8) is 0 Å². The topological polar surface area (TPSA) is 79.2 Å². The van der Waals surface area contributed by atoms with E-state index in [0.717, 1.165) is 0 Å². The molecule has 0 unspecified atom stereocenters. The first-order valence-electron chi connectivity index (χ1n) is 3.32. The van der Waals surface area contributed by atoms with Gasteiger partial charge in [-0.2, -0.15) is 5.26 Å². The van der Waals surface area contributed by atoms with Crippen molar-refractivity contribution in [2.75, 3.05) is 5.73 Å². The summed E-state index contributed by atoms with van der Waals surface area (Å²) in [4.78, 5) is 10.1. The van der Waals surface area contributed by atoms with Gasteiger partial charge in [0.1, 0.15) is 19.6 Å². The molecule has 0 atom stereocenters. The Morgan fingerprint density at radius 3 is 2.75 bits per heavy atom. The summed E-state index contributed by atoms with van der Waals surface area (Å²) in [6.07, 6.45) is 0. The van der Waals surface area contributed by atoms with E-state index in [1.807, 2.05) is 6.07 Å². The van der Waals surface area contributed by atoms with Crippen molar-refractivity contribution in [1.29, 1.82) is 5.26 Å². The van der Waals surface area contributed by atoms with E-state index in [-0.39, 0.29) is 5.69 Å². The highest BCUT2D eigenvalue weighted by Crippen LogP contribution is 2.16. The first-order chi connectivity index (χ1) is 5.69. The van der Waals surface area contributed by atoms with Gasteiger partial charge in [-0.05, 0) is 17.3 Å². The zero-order valence-electron chi connectivity index (χ0n) is 6.53. The fourth-order valence-corrected chi connectivity index (χ4v) is 0.925. The molecule has 0 aliphatic rings. The molecule has 0 fully saturated rings. The molecule has 0 radical (unpaired) electrons. The van der Waals surface area contributed by atoms with Gasteiger partial charge in [-0.3, -0.25) is 0 Å². The summed E-state index contributed by atoms with van der Waals surface area (Å²) in [5, 5.41) is 11.3. The summed E-state index contributed by atoms with van der Waals surface area (Å²) in [7, 11) is 1.73. The minimum Gasteiger partial charge on any atom is -0.398 e. The minimum absolute atomic E-state index is 0.234. The Bertz CT molecular complexity index is 370. The van der Waals surface area contributed by atoms with E-state index in [0.29, 0.717) is 16.7 Å². The Balaban J connectivity index is 3.41. The third kappa shape index (κ3) is 1.27. The summed E-state index contributed by atoms with van der Waals surface area (Å²) in [6, 6.07) is 4.80. The molecule has 0 bridgehead atoms. The fourth-order valence-electron chi connectivity index (χ4n) is 0.925. The van der Waals surface area contributed by atoms with E-state index >= 15 is 0 Å². The van der Waals surface area contributed by atoms with Crippen LogP contribution in [-0.4, -0.2) is 7.85 Å². The minimum atomic E-state index is 0.234. The van der Waals surface area contributed by atoms with Crippen molar-refractivity contribution in [3.8, 4) is 6.07 Å². The van der Waals surface area contributed by atoms with Crippen LogP contribution >= 0.6 is 0 Å². The van der Waals surface area contributed by atoms with Crippen LogP contribution in [0.1, 0.15) is 5.56 Å². The van der Waals surface area contributed by atoms with Crippen LogP contribution in [0.2, 0.25) is 0 Å². The number of nitrogens with zero attached hydrogens (tertiary/aromatic N) is 2. The smallest absolute Gasteiger partial charge is 0.142 e. The molecule has 2 N–H and O–H groups in total. The molecule has 0 aliphatic heterocycles. The van der Waals surface area contributed by atoms with E-state index in [4.69, 9.17) is 11.0 Å². The molecule has 1 rings (SSSR count). The summed E-state index contributed by atoms with van der Waals surface area (Å²) in [5.74, 6) is 0. The van der Waals surface area contributed by atoms with Crippen LogP contribution < -0.4 is 11.2 Å². The Hall–Kier alpha value is -1.83. The van der Waals surface area contributed by atoms with E-state index in [9.17, 15) is 4.91 Å². The molecule has 1 aromatic rings. The maximum atomic E-state index is 10.1. The van der Waals surface area contributed by atoms with Gasteiger partial charge in [-0.1, -0.05) is 5.46 Å². The summed E-state index contributed by atoms with van der Waals surface area (Å²) < 4.78 is 0. The molecular weight excluding hydrogens is 153 g/mol. The monoisotopic (exact) mass is 159 g/mol. The largest absolute Gasteiger partial charge is 0.398 e. The van der Waals surface area contributed by atoms with Crippen molar-refractivity contribution >= 4 is 24.7 Å². The second-order valence-electron chi connectivity index (χ2n) is 2.43. The predicted molar refractivity (Wildman–Crippen MR) is 49.2 cm³/mol. The summed E-state index contributed by atoms with van der Waals surface area (Å²) >= 11 is 0. The van der Waals surface area contributed by atoms with Gasteiger partial charge in [0.05, 0.1) is 5.56 Å². The highest BCUT2D eigenvalue weighted by molar-refractivity contribution is 6.36. The number of hydrogen-bond acceptors (Lipinski definition) is 4. The van der Waals surface area contributed by atoms with Gasteiger partial charge in [0.2, 0.25) is 0 Å². The summed E-state index contributed by atoms with van der Waals surface area (Å²) in [6.45, 7) is 0. The molecule has 0 heterocycles. The van der Waals surface area contributed by atoms with Crippen LogP contribution in [0.4, 0.5) is 11.4 Å². The average Bonchev–Trinajstić information content (AvgIpc) is 2.09. The summed E-state index contributed by atoms with van der Waals surface area (Å²) in [5.41, 5.74) is 7.19. The van der Waals surface area contributed by atoms with Crippen LogP contribution in [0.5, 0.6) is 0 Å². The molecule has 12 heavy (non-hydrogen) atoms. The van der Waals surface area contributed by atoms with Crippen molar-refractivity contribution in [3.05, 3.63) is 22.6 Å². The van der Waals surface area contributed by atoms with Crippen LogP contribution in [-0.2, 0) is 0 Å². The first kappa shape index (κ1) is 8.27. The number of hydrogen-bond donors (Lipinski definition) is 1. The zero-order valence-corrected chi connectivity index (χ0v) is 6.53. The standard InChI is InChI=1S/C7H6BN3O/c8-6-2-5(11-12)1-4(3-9)7(6)10/h1-2H,8,10H2. The Morgan fingerprint density at radius 1 is 1.58 bits per heavy atom. The maximum absolute atomic E-state index is 10.1. The van der Waals surface area contributed by atoms with Gasteiger partial charge in [0.15, 0.2) is 0 Å². The second-order valence-corrected chi connectivity index (χ2v) is 2.43. The Morgan fingerprint density at radius 2 is 2.25 bits per heavy atom. The molecule has 0 saturated carbocycles. The van der Waals surface area contributed by atoms with Crippen molar-refractivity contribution in [2.24, 2.45) is 5.18 Å². The van der Waals surface area contributed by atoms with Crippen LogP contribution in [0.15, 0.2) is 17.3 Å². The molecule has 5 heteroatoms. The van der Waals surface area contributed by atoms with Crippen LogP contribution in [0, 0.1) is 16.2 Å². The first-order valence-corrected chi connectivity index (χ1v) is 3.32. The normalized spacial score (nSPS) is 8.92. The lowest BCUT2D eigenvalue weighted by molar-refractivity contribution is 1.46. The molecule has 58 valence electrons. The Labute approximate surface area is 70.4 Å². The van der Waals surface area contributed by atoms with Gasteiger partial charge < -0.3 is 5.73 Å². The number of nitriles is 1.